The summed E-state index contributed by atoms with van der Waals surface area (Å²) in [6.07, 6.45) is 0.0533. The molecule has 1 amide bonds. The lowest BCUT2D eigenvalue weighted by atomic mass is 10.1. The van der Waals surface area contributed by atoms with Crippen LogP contribution in [0.5, 0.6) is 0 Å². The van der Waals surface area contributed by atoms with Crippen LogP contribution in [0, 0.1) is 12.8 Å². The van der Waals surface area contributed by atoms with Crippen LogP contribution in [0.4, 0.5) is 0 Å². The highest BCUT2D eigenvalue weighted by atomic mass is 79.9. The number of amides is 1. The molecule has 18 heavy (non-hydrogen) atoms. The predicted molar refractivity (Wildman–Crippen MR) is 72.6 cm³/mol. The first-order chi connectivity index (χ1) is 8.41. The third kappa shape index (κ3) is 4.14. The maximum Gasteiger partial charge on any atom is 0.303 e. The highest BCUT2D eigenvalue weighted by molar-refractivity contribution is 9.10. The van der Waals surface area contributed by atoms with Gasteiger partial charge in [0, 0.05) is 23.0 Å². The van der Waals surface area contributed by atoms with Crippen LogP contribution in [0.3, 0.4) is 0 Å². The first-order valence-corrected chi connectivity index (χ1v) is 6.46. The molecular weight excluding hydrogens is 298 g/mol. The smallest absolute Gasteiger partial charge is 0.303 e. The van der Waals surface area contributed by atoms with Crippen LogP contribution in [0.25, 0.3) is 0 Å². The van der Waals surface area contributed by atoms with Gasteiger partial charge in [0.2, 0.25) is 0 Å². The van der Waals surface area contributed by atoms with E-state index in [1.54, 1.807) is 19.1 Å². The summed E-state index contributed by atoms with van der Waals surface area (Å²) < 4.78 is 0.883. The van der Waals surface area contributed by atoms with Gasteiger partial charge in [0.1, 0.15) is 0 Å². The Bertz CT molecular complexity index is 460. The molecule has 4 nitrogen and oxygen atoms in total. The number of carbonyl (C=O) groups excluding carboxylic acids is 1. The van der Waals surface area contributed by atoms with E-state index in [0.717, 1.165) is 10.0 Å². The number of nitrogens with one attached hydrogen (secondary N) is 1. The average Bonchev–Trinajstić information content (AvgIpc) is 2.29. The van der Waals surface area contributed by atoms with Gasteiger partial charge in [-0.05, 0) is 30.5 Å². The third-order valence-electron chi connectivity index (χ3n) is 2.65. The molecule has 0 spiro atoms. The van der Waals surface area contributed by atoms with Crippen LogP contribution in [0.15, 0.2) is 22.7 Å². The minimum atomic E-state index is -0.851. The van der Waals surface area contributed by atoms with Crippen molar-refractivity contribution in [3.05, 3.63) is 33.8 Å². The van der Waals surface area contributed by atoms with E-state index in [9.17, 15) is 9.59 Å². The Morgan fingerprint density at radius 1 is 1.44 bits per heavy atom. The second-order valence-corrected chi connectivity index (χ2v) is 5.18. The average molecular weight is 314 g/mol. The van der Waals surface area contributed by atoms with Crippen LogP contribution in [-0.2, 0) is 4.79 Å². The normalized spacial score (nSPS) is 11.9. The molecule has 0 aliphatic heterocycles. The van der Waals surface area contributed by atoms with Crippen LogP contribution < -0.4 is 5.32 Å². The first kappa shape index (κ1) is 14.7. The molecule has 0 fully saturated rings. The van der Waals surface area contributed by atoms with Gasteiger partial charge in [-0.15, -0.1) is 0 Å². The standard InChI is InChI=1S/C13H16BrNO3/c1-8(6-12(16)17)7-15-13(18)10-4-3-5-11(14)9(10)2/h3-5,8H,6-7H2,1-2H3,(H,15,18)(H,16,17). The Kier molecular flexibility index (Phi) is 5.34. The summed E-state index contributed by atoms with van der Waals surface area (Å²) in [5.41, 5.74) is 1.48. The molecule has 2 N–H and O–H groups in total. The zero-order chi connectivity index (χ0) is 13.7. The van der Waals surface area contributed by atoms with Gasteiger partial charge in [-0.25, -0.2) is 0 Å². The van der Waals surface area contributed by atoms with E-state index in [1.807, 2.05) is 13.0 Å². The number of carboxylic acids is 1. The predicted octanol–water partition coefficient (Wildman–Crippen LogP) is 2.60. The van der Waals surface area contributed by atoms with E-state index >= 15 is 0 Å². The molecule has 0 aromatic heterocycles. The van der Waals surface area contributed by atoms with Gasteiger partial charge in [-0.3, -0.25) is 9.59 Å². The van der Waals surface area contributed by atoms with Gasteiger partial charge in [0.25, 0.3) is 5.91 Å². The molecule has 1 unspecified atom stereocenters. The van der Waals surface area contributed by atoms with E-state index < -0.39 is 5.97 Å². The Hall–Kier alpha value is -1.36. The minimum Gasteiger partial charge on any atom is -0.481 e. The lowest BCUT2D eigenvalue weighted by Crippen LogP contribution is -2.29. The lowest BCUT2D eigenvalue weighted by Gasteiger charge is -2.12. The number of halogens is 1. The fourth-order valence-electron chi connectivity index (χ4n) is 1.59. The second kappa shape index (κ2) is 6.54. The summed E-state index contributed by atoms with van der Waals surface area (Å²) in [4.78, 5) is 22.4. The molecule has 1 aromatic carbocycles. The van der Waals surface area contributed by atoms with Crippen molar-refractivity contribution in [2.45, 2.75) is 20.3 Å². The molecule has 5 heteroatoms. The number of hydrogen-bond acceptors (Lipinski definition) is 2. The fraction of sp³-hybridized carbons (Fsp3) is 0.385. The topological polar surface area (TPSA) is 66.4 Å². The zero-order valence-electron chi connectivity index (χ0n) is 10.4. The number of carbonyl (C=O) groups is 2. The molecule has 98 valence electrons. The summed E-state index contributed by atoms with van der Waals surface area (Å²) in [7, 11) is 0. The highest BCUT2D eigenvalue weighted by Gasteiger charge is 2.13. The van der Waals surface area contributed by atoms with Crippen molar-refractivity contribution < 1.29 is 14.7 Å². The van der Waals surface area contributed by atoms with Gasteiger partial charge in [0.15, 0.2) is 0 Å². The zero-order valence-corrected chi connectivity index (χ0v) is 12.0. The molecule has 0 aliphatic rings. The number of hydrogen-bond donors (Lipinski definition) is 2. The molecule has 0 heterocycles. The van der Waals surface area contributed by atoms with Crippen molar-refractivity contribution in [2.75, 3.05) is 6.54 Å². The Balaban J connectivity index is 2.61. The van der Waals surface area contributed by atoms with Crippen LogP contribution >= 0.6 is 15.9 Å². The maximum absolute atomic E-state index is 11.9. The number of benzene rings is 1. The lowest BCUT2D eigenvalue weighted by molar-refractivity contribution is -0.137. The molecule has 0 saturated carbocycles. The SMILES string of the molecule is Cc1c(Br)cccc1C(=O)NCC(C)CC(=O)O. The second-order valence-electron chi connectivity index (χ2n) is 4.33. The minimum absolute atomic E-state index is 0.0533. The monoisotopic (exact) mass is 313 g/mol. The molecular formula is C13H16BrNO3. The van der Waals surface area contributed by atoms with Crippen LogP contribution in [-0.4, -0.2) is 23.5 Å². The summed E-state index contributed by atoms with van der Waals surface area (Å²) in [5, 5.41) is 11.4. The molecule has 0 aliphatic carbocycles. The maximum atomic E-state index is 11.9. The molecule has 1 aromatic rings. The Labute approximate surface area is 115 Å². The molecule has 1 rings (SSSR count). The number of rotatable bonds is 5. The highest BCUT2D eigenvalue weighted by Crippen LogP contribution is 2.19. The summed E-state index contributed by atoms with van der Waals surface area (Å²) >= 11 is 3.37. The van der Waals surface area contributed by atoms with Crippen molar-refractivity contribution >= 4 is 27.8 Å². The van der Waals surface area contributed by atoms with E-state index in [0.29, 0.717) is 12.1 Å². The van der Waals surface area contributed by atoms with Gasteiger partial charge in [0.05, 0.1) is 0 Å². The van der Waals surface area contributed by atoms with Gasteiger partial charge < -0.3 is 10.4 Å². The number of aliphatic carboxylic acids is 1. The van der Waals surface area contributed by atoms with E-state index in [1.165, 1.54) is 0 Å². The Morgan fingerprint density at radius 3 is 2.72 bits per heavy atom. The van der Waals surface area contributed by atoms with Gasteiger partial charge in [-0.1, -0.05) is 28.9 Å². The van der Waals surface area contributed by atoms with Gasteiger partial charge in [-0.2, -0.15) is 0 Å². The van der Waals surface area contributed by atoms with Crippen molar-refractivity contribution in [1.29, 1.82) is 0 Å². The van der Waals surface area contributed by atoms with Crippen LogP contribution in [0.1, 0.15) is 29.3 Å². The molecule has 0 saturated heterocycles. The quantitative estimate of drug-likeness (QED) is 0.878. The summed E-state index contributed by atoms with van der Waals surface area (Å²) in [6, 6.07) is 5.42. The summed E-state index contributed by atoms with van der Waals surface area (Å²) in [6.45, 7) is 4.01. The van der Waals surface area contributed by atoms with Crippen molar-refractivity contribution in [2.24, 2.45) is 5.92 Å². The van der Waals surface area contributed by atoms with Crippen molar-refractivity contribution in [1.82, 2.24) is 5.32 Å². The third-order valence-corrected chi connectivity index (χ3v) is 3.51. The van der Waals surface area contributed by atoms with E-state index in [2.05, 4.69) is 21.2 Å². The van der Waals surface area contributed by atoms with Gasteiger partial charge >= 0.3 is 5.97 Å². The largest absolute Gasteiger partial charge is 0.481 e. The van der Waals surface area contributed by atoms with E-state index in [-0.39, 0.29) is 18.2 Å². The molecule has 0 radical (unpaired) electrons. The van der Waals surface area contributed by atoms with Crippen LogP contribution in [0.2, 0.25) is 0 Å². The van der Waals surface area contributed by atoms with Crippen molar-refractivity contribution in [3.63, 3.8) is 0 Å². The molecule has 1 atom stereocenters. The molecule has 0 bridgehead atoms. The Morgan fingerprint density at radius 2 is 2.11 bits per heavy atom. The van der Waals surface area contributed by atoms with Crippen molar-refractivity contribution in [3.8, 4) is 0 Å². The summed E-state index contributed by atoms with van der Waals surface area (Å²) in [5.74, 6) is -1.11. The van der Waals surface area contributed by atoms with E-state index in [4.69, 9.17) is 5.11 Å². The number of carboxylic acid groups (broad SMARTS) is 1. The first-order valence-electron chi connectivity index (χ1n) is 5.67. The fourth-order valence-corrected chi connectivity index (χ4v) is 1.95.